The molecule has 0 aromatic heterocycles. The minimum Gasteiger partial charge on any atom is -0.363 e. The number of nitrogens with zero attached hydrogens (tertiary/aromatic N) is 1. The Morgan fingerprint density at radius 2 is 1.55 bits per heavy atom. The average molecular weight is 439 g/mol. The molecule has 0 saturated carbocycles. The monoisotopic (exact) mass is 438 g/mol. The fourth-order valence-corrected chi connectivity index (χ4v) is 2.94. The lowest BCUT2D eigenvalue weighted by atomic mass is 10.1. The van der Waals surface area contributed by atoms with Crippen LogP contribution in [-0.2, 0) is 0 Å². The fraction of sp³-hybridized carbons (Fsp3) is 0.0870. The van der Waals surface area contributed by atoms with Crippen LogP contribution in [0.4, 0.5) is 15.8 Å². The van der Waals surface area contributed by atoms with Crippen molar-refractivity contribution in [2.45, 2.75) is 0 Å². The molecular weight excluding hydrogens is 419 g/mol. The Balaban J connectivity index is 1.80. The highest BCUT2D eigenvalue weighted by Gasteiger charge is 2.18. The first-order valence-corrected chi connectivity index (χ1v) is 9.67. The first-order valence-electron chi connectivity index (χ1n) is 9.29. The second-order valence-electron chi connectivity index (χ2n) is 6.90. The number of benzene rings is 3. The summed E-state index contributed by atoms with van der Waals surface area (Å²) in [5, 5.41) is 13.8. The molecule has 2 amide bonds. The molecule has 6 nitrogen and oxygen atoms in total. The number of carbonyl (C=O) groups excluding carboxylic acids is 2. The van der Waals surface area contributed by atoms with Crippen molar-refractivity contribution in [1.82, 2.24) is 4.90 Å². The van der Waals surface area contributed by atoms with E-state index >= 15 is 0 Å². The van der Waals surface area contributed by atoms with E-state index in [1.54, 1.807) is 62.6 Å². The molecule has 31 heavy (non-hydrogen) atoms. The molecule has 0 fully saturated rings. The lowest BCUT2D eigenvalue weighted by Gasteiger charge is -2.15. The molecule has 0 radical (unpaired) electrons. The van der Waals surface area contributed by atoms with Gasteiger partial charge in [-0.3, -0.25) is 15.0 Å². The van der Waals surface area contributed by atoms with Crippen LogP contribution in [-0.4, -0.2) is 36.6 Å². The van der Waals surface area contributed by atoms with E-state index in [0.717, 1.165) is 6.07 Å². The van der Waals surface area contributed by atoms with Gasteiger partial charge in [-0.2, -0.15) is 0 Å². The molecule has 0 saturated heterocycles. The van der Waals surface area contributed by atoms with Crippen molar-refractivity contribution >= 4 is 40.6 Å². The largest absolute Gasteiger partial charge is 0.363 e. The van der Waals surface area contributed by atoms with Crippen molar-refractivity contribution in [2.75, 3.05) is 24.7 Å². The van der Waals surface area contributed by atoms with Crippen molar-refractivity contribution < 1.29 is 14.0 Å². The van der Waals surface area contributed by atoms with Gasteiger partial charge in [0.25, 0.3) is 11.8 Å². The zero-order chi connectivity index (χ0) is 22.5. The summed E-state index contributed by atoms with van der Waals surface area (Å²) in [6, 6.07) is 17.0. The Hall–Kier alpha value is -3.71. The number of hydrogen-bond acceptors (Lipinski definition) is 3. The van der Waals surface area contributed by atoms with Crippen LogP contribution >= 0.6 is 11.6 Å². The Morgan fingerprint density at radius 1 is 0.903 bits per heavy atom. The highest BCUT2D eigenvalue weighted by molar-refractivity contribution is 6.30. The van der Waals surface area contributed by atoms with Crippen molar-refractivity contribution in [2.24, 2.45) is 0 Å². The molecule has 0 atom stereocenters. The predicted octanol–water partition coefficient (Wildman–Crippen LogP) is 4.87. The number of para-hydroxylation sites is 1. The minimum absolute atomic E-state index is 0.120. The van der Waals surface area contributed by atoms with Gasteiger partial charge in [-0.1, -0.05) is 29.8 Å². The van der Waals surface area contributed by atoms with Crippen LogP contribution in [0.15, 0.2) is 66.7 Å². The first-order chi connectivity index (χ1) is 14.8. The molecular formula is C23H20ClFN4O2. The summed E-state index contributed by atoms with van der Waals surface area (Å²) in [4.78, 5) is 26.9. The first kappa shape index (κ1) is 22.0. The standard InChI is InChI=1S/C23H20ClFN4O2/c1-29(2)21(26)14-7-12-17(19(25)13-14)22(30)28-20-6-4-3-5-18(20)23(31)27-16-10-8-15(24)9-11-16/h3-13,26H,1-2H3,(H,27,31)(H,28,30). The normalized spacial score (nSPS) is 10.3. The minimum atomic E-state index is -0.760. The van der Waals surface area contributed by atoms with Crippen LogP contribution in [0, 0.1) is 11.2 Å². The van der Waals surface area contributed by atoms with Gasteiger partial charge >= 0.3 is 0 Å². The SMILES string of the molecule is CN(C)C(=N)c1ccc(C(=O)Nc2ccccc2C(=O)Nc2ccc(Cl)cc2)c(F)c1. The van der Waals surface area contributed by atoms with E-state index < -0.39 is 17.6 Å². The van der Waals surface area contributed by atoms with Crippen molar-refractivity contribution in [3.8, 4) is 0 Å². The molecule has 3 aromatic rings. The fourth-order valence-electron chi connectivity index (χ4n) is 2.82. The lowest BCUT2D eigenvalue weighted by molar-refractivity contribution is 0.102. The maximum absolute atomic E-state index is 14.5. The summed E-state index contributed by atoms with van der Waals surface area (Å²) in [6.07, 6.45) is 0. The molecule has 0 unspecified atom stereocenters. The second-order valence-corrected chi connectivity index (χ2v) is 7.33. The highest BCUT2D eigenvalue weighted by atomic mass is 35.5. The Morgan fingerprint density at radius 3 is 2.19 bits per heavy atom. The molecule has 3 rings (SSSR count). The molecule has 0 heterocycles. The van der Waals surface area contributed by atoms with E-state index in [1.165, 1.54) is 17.0 Å². The maximum Gasteiger partial charge on any atom is 0.258 e. The third-order valence-electron chi connectivity index (χ3n) is 4.46. The Kier molecular flexibility index (Phi) is 6.67. The van der Waals surface area contributed by atoms with E-state index in [-0.39, 0.29) is 22.6 Å². The molecule has 0 bridgehead atoms. The molecule has 8 heteroatoms. The van der Waals surface area contributed by atoms with Gasteiger partial charge < -0.3 is 15.5 Å². The molecule has 0 aliphatic carbocycles. The number of nitrogens with one attached hydrogen (secondary N) is 3. The molecule has 3 N–H and O–H groups in total. The van der Waals surface area contributed by atoms with E-state index in [0.29, 0.717) is 16.3 Å². The molecule has 0 aliphatic heterocycles. The van der Waals surface area contributed by atoms with Crippen molar-refractivity contribution in [3.05, 3.63) is 94.3 Å². The average Bonchev–Trinajstić information content (AvgIpc) is 2.74. The molecule has 0 spiro atoms. The molecule has 158 valence electrons. The molecule has 3 aromatic carbocycles. The number of anilines is 2. The van der Waals surface area contributed by atoms with Gasteiger partial charge in [0.1, 0.15) is 11.7 Å². The summed E-state index contributed by atoms with van der Waals surface area (Å²) in [5.74, 6) is -1.78. The summed E-state index contributed by atoms with van der Waals surface area (Å²) in [7, 11) is 3.35. The van der Waals surface area contributed by atoms with E-state index in [4.69, 9.17) is 17.0 Å². The van der Waals surface area contributed by atoms with Gasteiger partial charge in [-0.25, -0.2) is 4.39 Å². The van der Waals surface area contributed by atoms with Gasteiger partial charge in [0.05, 0.1) is 16.8 Å². The quantitative estimate of drug-likeness (QED) is 0.392. The predicted molar refractivity (Wildman–Crippen MR) is 121 cm³/mol. The van der Waals surface area contributed by atoms with Crippen LogP contribution < -0.4 is 10.6 Å². The zero-order valence-electron chi connectivity index (χ0n) is 16.9. The van der Waals surface area contributed by atoms with E-state index in [1.807, 2.05) is 0 Å². The number of rotatable bonds is 5. The van der Waals surface area contributed by atoms with Crippen LogP contribution in [0.2, 0.25) is 5.02 Å². The van der Waals surface area contributed by atoms with Gasteiger partial charge in [-0.05, 0) is 48.5 Å². The van der Waals surface area contributed by atoms with Crippen molar-refractivity contribution in [1.29, 1.82) is 5.41 Å². The summed E-state index contributed by atoms with van der Waals surface area (Å²) in [5.41, 5.74) is 1.16. The number of carbonyl (C=O) groups is 2. The Labute approximate surface area is 184 Å². The smallest absolute Gasteiger partial charge is 0.258 e. The third kappa shape index (κ3) is 5.26. The van der Waals surface area contributed by atoms with E-state index in [2.05, 4.69) is 10.6 Å². The number of halogens is 2. The number of hydrogen-bond donors (Lipinski definition) is 3. The van der Waals surface area contributed by atoms with Crippen LogP contribution in [0.1, 0.15) is 26.3 Å². The van der Waals surface area contributed by atoms with Crippen molar-refractivity contribution in [3.63, 3.8) is 0 Å². The third-order valence-corrected chi connectivity index (χ3v) is 4.71. The number of amides is 2. The van der Waals surface area contributed by atoms with Crippen LogP contribution in [0.5, 0.6) is 0 Å². The highest BCUT2D eigenvalue weighted by Crippen LogP contribution is 2.21. The summed E-state index contributed by atoms with van der Waals surface area (Å²) in [6.45, 7) is 0. The summed E-state index contributed by atoms with van der Waals surface area (Å²) >= 11 is 5.86. The maximum atomic E-state index is 14.5. The van der Waals surface area contributed by atoms with Gasteiger partial charge in [0.15, 0.2) is 0 Å². The Bertz CT molecular complexity index is 1150. The topological polar surface area (TPSA) is 85.3 Å². The lowest BCUT2D eigenvalue weighted by Crippen LogP contribution is -2.23. The molecule has 0 aliphatic rings. The van der Waals surface area contributed by atoms with Crippen LogP contribution in [0.25, 0.3) is 0 Å². The van der Waals surface area contributed by atoms with Gasteiger partial charge in [0, 0.05) is 30.4 Å². The van der Waals surface area contributed by atoms with Gasteiger partial charge in [0.2, 0.25) is 0 Å². The zero-order valence-corrected chi connectivity index (χ0v) is 17.6. The van der Waals surface area contributed by atoms with Crippen LogP contribution in [0.3, 0.4) is 0 Å². The second kappa shape index (κ2) is 9.40. The van der Waals surface area contributed by atoms with Gasteiger partial charge in [-0.15, -0.1) is 0 Å². The number of amidine groups is 1. The summed E-state index contributed by atoms with van der Waals surface area (Å²) < 4.78 is 14.5. The van der Waals surface area contributed by atoms with E-state index in [9.17, 15) is 14.0 Å².